The quantitative estimate of drug-likeness (QED) is 0.661. The normalized spacial score (nSPS) is 14.6. The fourth-order valence-electron chi connectivity index (χ4n) is 3.37. The number of hydrogen-bond donors (Lipinski definition) is 3. The summed E-state index contributed by atoms with van der Waals surface area (Å²) in [5.41, 5.74) is 9.64. The van der Waals surface area contributed by atoms with E-state index in [0.29, 0.717) is 17.4 Å². The third-order valence-electron chi connectivity index (χ3n) is 4.85. The Morgan fingerprint density at radius 2 is 1.78 bits per heavy atom. The third kappa shape index (κ3) is 3.76. The zero-order chi connectivity index (χ0) is 18.6. The zero-order valence-electron chi connectivity index (χ0n) is 14.9. The Morgan fingerprint density at radius 3 is 2.44 bits per heavy atom. The fourth-order valence-corrected chi connectivity index (χ4v) is 3.37. The summed E-state index contributed by atoms with van der Waals surface area (Å²) in [6.45, 7) is 2.17. The summed E-state index contributed by atoms with van der Waals surface area (Å²) in [6, 6.07) is 17.6. The molecule has 0 amide bonds. The second-order valence-corrected chi connectivity index (χ2v) is 6.64. The molecule has 0 saturated carbocycles. The van der Waals surface area contributed by atoms with Crippen LogP contribution in [0.5, 0.6) is 0 Å². The summed E-state index contributed by atoms with van der Waals surface area (Å²) in [6.07, 6.45) is 2.36. The van der Waals surface area contributed by atoms with Gasteiger partial charge in [-0.25, -0.2) is 0 Å². The minimum absolute atomic E-state index is 0.286. The van der Waals surface area contributed by atoms with E-state index < -0.39 is 0 Å². The standard InChI is InChI=1S/C20H21N7/c21-13-14-1-7-18(8-2-14)27-19(22)25-20(26-27)24-17-5-3-15(4-6-17)16-9-11-23-12-10-16/h1-8,16,23H,9-12H2,(H3,22,24,25,26). The van der Waals surface area contributed by atoms with Crippen molar-refractivity contribution in [3.05, 3.63) is 59.7 Å². The molecule has 27 heavy (non-hydrogen) atoms. The molecule has 3 aromatic rings. The van der Waals surface area contributed by atoms with Gasteiger partial charge < -0.3 is 16.4 Å². The molecule has 7 heteroatoms. The molecule has 0 unspecified atom stereocenters. The summed E-state index contributed by atoms with van der Waals surface area (Å²) in [4.78, 5) is 4.28. The van der Waals surface area contributed by atoms with Crippen molar-refractivity contribution in [2.24, 2.45) is 0 Å². The van der Waals surface area contributed by atoms with E-state index in [-0.39, 0.29) is 5.95 Å². The number of nitrogen functional groups attached to an aromatic ring is 1. The molecule has 0 aliphatic carbocycles. The van der Waals surface area contributed by atoms with Crippen molar-refractivity contribution in [2.45, 2.75) is 18.8 Å². The number of aromatic nitrogens is 3. The van der Waals surface area contributed by atoms with Gasteiger partial charge >= 0.3 is 0 Å². The van der Waals surface area contributed by atoms with E-state index in [4.69, 9.17) is 11.0 Å². The summed E-state index contributed by atoms with van der Waals surface area (Å²) in [5, 5.41) is 19.9. The number of benzene rings is 2. The largest absolute Gasteiger partial charge is 0.368 e. The maximum absolute atomic E-state index is 8.90. The van der Waals surface area contributed by atoms with Gasteiger partial charge in [0.15, 0.2) is 0 Å². The van der Waals surface area contributed by atoms with Gasteiger partial charge in [0.25, 0.3) is 0 Å². The molecule has 2 heterocycles. The van der Waals surface area contributed by atoms with Gasteiger partial charge in [0.05, 0.1) is 17.3 Å². The van der Waals surface area contributed by atoms with Crippen molar-refractivity contribution in [2.75, 3.05) is 24.1 Å². The number of nitrogens with zero attached hydrogens (tertiary/aromatic N) is 4. The first-order chi connectivity index (χ1) is 13.2. The average molecular weight is 359 g/mol. The van der Waals surface area contributed by atoms with E-state index in [2.05, 4.69) is 51.1 Å². The maximum Gasteiger partial charge on any atom is 0.248 e. The Balaban J connectivity index is 1.49. The number of piperidine rings is 1. The SMILES string of the molecule is N#Cc1ccc(-n2nc(Nc3ccc(C4CCNCC4)cc3)nc2N)cc1. The fraction of sp³-hybridized carbons (Fsp3) is 0.250. The number of anilines is 3. The summed E-state index contributed by atoms with van der Waals surface area (Å²) < 4.78 is 1.55. The maximum atomic E-state index is 8.90. The van der Waals surface area contributed by atoms with Crippen LogP contribution < -0.4 is 16.4 Å². The van der Waals surface area contributed by atoms with Crippen molar-refractivity contribution in [1.29, 1.82) is 5.26 Å². The summed E-state index contributed by atoms with van der Waals surface area (Å²) in [7, 11) is 0. The Kier molecular flexibility index (Phi) is 4.73. The van der Waals surface area contributed by atoms with E-state index in [1.54, 1.807) is 28.9 Å². The monoisotopic (exact) mass is 359 g/mol. The zero-order valence-corrected chi connectivity index (χ0v) is 14.9. The molecule has 0 bridgehead atoms. The van der Waals surface area contributed by atoms with Gasteiger partial charge in [0.1, 0.15) is 0 Å². The van der Waals surface area contributed by atoms with E-state index in [1.165, 1.54) is 18.4 Å². The minimum atomic E-state index is 0.286. The number of nitriles is 1. The lowest BCUT2D eigenvalue weighted by Gasteiger charge is -2.23. The number of hydrogen-bond acceptors (Lipinski definition) is 6. The highest BCUT2D eigenvalue weighted by atomic mass is 15.4. The van der Waals surface area contributed by atoms with Crippen LogP contribution in [0.2, 0.25) is 0 Å². The molecule has 1 aliphatic heterocycles. The molecular weight excluding hydrogens is 338 g/mol. The number of rotatable bonds is 4. The van der Waals surface area contributed by atoms with Crippen molar-refractivity contribution >= 4 is 17.6 Å². The third-order valence-corrected chi connectivity index (χ3v) is 4.85. The molecule has 1 fully saturated rings. The van der Waals surface area contributed by atoms with Crippen LogP contribution in [0.3, 0.4) is 0 Å². The van der Waals surface area contributed by atoms with Crippen LogP contribution in [0, 0.1) is 11.3 Å². The molecule has 0 radical (unpaired) electrons. The Labute approximate surface area is 157 Å². The van der Waals surface area contributed by atoms with Crippen LogP contribution in [0.25, 0.3) is 5.69 Å². The molecule has 2 aromatic carbocycles. The Bertz CT molecular complexity index is 945. The first-order valence-corrected chi connectivity index (χ1v) is 9.04. The first kappa shape index (κ1) is 17.1. The molecule has 1 aliphatic rings. The predicted molar refractivity (Wildman–Crippen MR) is 105 cm³/mol. The average Bonchev–Trinajstić information content (AvgIpc) is 3.09. The van der Waals surface area contributed by atoms with Crippen molar-refractivity contribution in [3.63, 3.8) is 0 Å². The van der Waals surface area contributed by atoms with Crippen LogP contribution in [0.15, 0.2) is 48.5 Å². The molecule has 136 valence electrons. The molecular formula is C20H21N7. The van der Waals surface area contributed by atoms with Crippen LogP contribution in [0.4, 0.5) is 17.6 Å². The first-order valence-electron chi connectivity index (χ1n) is 9.04. The van der Waals surface area contributed by atoms with E-state index >= 15 is 0 Å². The Morgan fingerprint density at radius 1 is 1.07 bits per heavy atom. The van der Waals surface area contributed by atoms with Gasteiger partial charge in [-0.1, -0.05) is 12.1 Å². The topological polar surface area (TPSA) is 105 Å². The van der Waals surface area contributed by atoms with Gasteiger partial charge in [0.2, 0.25) is 11.9 Å². The van der Waals surface area contributed by atoms with Gasteiger partial charge in [-0.3, -0.25) is 0 Å². The van der Waals surface area contributed by atoms with Gasteiger partial charge in [-0.15, -0.1) is 5.10 Å². The predicted octanol–water partition coefficient (Wildman–Crippen LogP) is 2.93. The van der Waals surface area contributed by atoms with Gasteiger partial charge in [0, 0.05) is 5.69 Å². The smallest absolute Gasteiger partial charge is 0.248 e. The highest BCUT2D eigenvalue weighted by Gasteiger charge is 2.15. The lowest BCUT2D eigenvalue weighted by Crippen LogP contribution is -2.26. The molecule has 0 atom stereocenters. The molecule has 1 saturated heterocycles. The molecule has 1 aromatic heterocycles. The second-order valence-electron chi connectivity index (χ2n) is 6.64. The van der Waals surface area contributed by atoms with Gasteiger partial charge in [-0.05, 0) is 73.8 Å². The highest BCUT2D eigenvalue weighted by molar-refractivity contribution is 5.55. The van der Waals surface area contributed by atoms with E-state index in [1.807, 2.05) is 0 Å². The van der Waals surface area contributed by atoms with Crippen LogP contribution in [-0.2, 0) is 0 Å². The highest BCUT2D eigenvalue weighted by Crippen LogP contribution is 2.27. The summed E-state index contributed by atoms with van der Waals surface area (Å²) in [5.74, 6) is 1.35. The van der Waals surface area contributed by atoms with Crippen LogP contribution in [-0.4, -0.2) is 27.9 Å². The van der Waals surface area contributed by atoms with Crippen LogP contribution >= 0.6 is 0 Å². The molecule has 4 N–H and O–H groups in total. The summed E-state index contributed by atoms with van der Waals surface area (Å²) >= 11 is 0. The van der Waals surface area contributed by atoms with E-state index in [0.717, 1.165) is 24.5 Å². The number of nitrogens with one attached hydrogen (secondary N) is 2. The second kappa shape index (κ2) is 7.48. The lowest BCUT2D eigenvalue weighted by atomic mass is 9.90. The molecule has 7 nitrogen and oxygen atoms in total. The Hall–Kier alpha value is -3.37. The van der Waals surface area contributed by atoms with Gasteiger partial charge in [-0.2, -0.15) is 14.9 Å². The van der Waals surface area contributed by atoms with Crippen molar-refractivity contribution < 1.29 is 0 Å². The number of nitrogens with two attached hydrogens (primary N) is 1. The van der Waals surface area contributed by atoms with E-state index in [9.17, 15) is 0 Å². The van der Waals surface area contributed by atoms with Crippen molar-refractivity contribution in [1.82, 2.24) is 20.1 Å². The lowest BCUT2D eigenvalue weighted by molar-refractivity contribution is 0.460. The minimum Gasteiger partial charge on any atom is -0.368 e. The molecule has 0 spiro atoms. The van der Waals surface area contributed by atoms with Crippen LogP contribution in [0.1, 0.15) is 29.9 Å². The van der Waals surface area contributed by atoms with Crippen molar-refractivity contribution in [3.8, 4) is 11.8 Å². The molecule has 4 rings (SSSR count).